The average molecular weight is 466 g/mol. The summed E-state index contributed by atoms with van der Waals surface area (Å²) in [7, 11) is 0. The number of nitrogens with zero attached hydrogens (tertiary/aromatic N) is 3. The molecule has 4 aliphatic rings. The molecule has 1 amide bonds. The van der Waals surface area contributed by atoms with Gasteiger partial charge in [0.2, 0.25) is 0 Å². The third kappa shape index (κ3) is 3.65. The fourth-order valence-electron chi connectivity index (χ4n) is 5.57. The number of anilines is 1. The zero-order chi connectivity index (χ0) is 23.9. The van der Waals surface area contributed by atoms with Crippen molar-refractivity contribution in [3.8, 4) is 11.8 Å². The summed E-state index contributed by atoms with van der Waals surface area (Å²) in [4.78, 5) is 19.9. The van der Waals surface area contributed by atoms with Crippen molar-refractivity contribution < 1.29 is 14.3 Å². The predicted molar refractivity (Wildman–Crippen MR) is 127 cm³/mol. The molecule has 1 fully saturated rings. The summed E-state index contributed by atoms with van der Waals surface area (Å²) in [5, 5.41) is 23.3. The number of amides is 1. The highest BCUT2D eigenvalue weighted by molar-refractivity contribution is 6.00. The van der Waals surface area contributed by atoms with E-state index in [1.807, 2.05) is 37.8 Å². The Labute approximate surface area is 199 Å². The minimum absolute atomic E-state index is 0.0186. The van der Waals surface area contributed by atoms with Gasteiger partial charge in [-0.05, 0) is 32.5 Å². The van der Waals surface area contributed by atoms with Gasteiger partial charge in [-0.2, -0.15) is 5.26 Å². The van der Waals surface area contributed by atoms with Crippen LogP contribution in [-0.4, -0.2) is 67.5 Å². The number of rotatable bonds is 4. The molecule has 4 heterocycles. The summed E-state index contributed by atoms with van der Waals surface area (Å²) < 4.78 is 11.4. The molecule has 10 nitrogen and oxygen atoms in total. The van der Waals surface area contributed by atoms with E-state index in [-0.39, 0.29) is 11.8 Å². The SMILES string of the molecule is CCNC1(C)NC(Nc2ccc(C(=O)N3CCOCC3)c3c2OCC3)=NC2(C)NC=C(C#N)C21. The van der Waals surface area contributed by atoms with E-state index in [0.29, 0.717) is 62.2 Å². The van der Waals surface area contributed by atoms with E-state index in [0.717, 1.165) is 17.8 Å². The number of hydrogen-bond donors (Lipinski definition) is 4. The molecule has 3 unspecified atom stereocenters. The fourth-order valence-corrected chi connectivity index (χ4v) is 5.57. The summed E-state index contributed by atoms with van der Waals surface area (Å²) in [6, 6.07) is 6.06. The van der Waals surface area contributed by atoms with Crippen LogP contribution in [0.1, 0.15) is 36.7 Å². The number of carbonyl (C=O) groups excluding carboxylic acids is 1. The van der Waals surface area contributed by atoms with Gasteiger partial charge in [-0.25, -0.2) is 4.99 Å². The number of guanidine groups is 1. The highest BCUT2D eigenvalue weighted by Crippen LogP contribution is 2.42. The van der Waals surface area contributed by atoms with Crippen LogP contribution in [0.15, 0.2) is 28.9 Å². The molecule has 3 atom stereocenters. The first-order chi connectivity index (χ1) is 16.4. The highest BCUT2D eigenvalue weighted by Gasteiger charge is 2.54. The first kappa shape index (κ1) is 22.5. The second-order valence-electron chi connectivity index (χ2n) is 9.35. The maximum atomic E-state index is 13.2. The van der Waals surface area contributed by atoms with Gasteiger partial charge in [0.15, 0.2) is 5.96 Å². The molecule has 1 aromatic rings. The number of nitrogens with one attached hydrogen (secondary N) is 4. The van der Waals surface area contributed by atoms with E-state index in [9.17, 15) is 10.1 Å². The third-order valence-corrected chi connectivity index (χ3v) is 7.01. The lowest BCUT2D eigenvalue weighted by molar-refractivity contribution is 0.0302. The Bertz CT molecular complexity index is 1100. The van der Waals surface area contributed by atoms with Crippen molar-refractivity contribution in [2.45, 2.75) is 38.5 Å². The Morgan fingerprint density at radius 3 is 2.85 bits per heavy atom. The zero-order valence-corrected chi connectivity index (χ0v) is 19.8. The van der Waals surface area contributed by atoms with Crippen molar-refractivity contribution in [1.29, 1.82) is 5.26 Å². The van der Waals surface area contributed by atoms with Gasteiger partial charge in [0.1, 0.15) is 11.4 Å². The van der Waals surface area contributed by atoms with Crippen molar-refractivity contribution in [2.24, 2.45) is 10.9 Å². The van der Waals surface area contributed by atoms with Crippen LogP contribution >= 0.6 is 0 Å². The van der Waals surface area contributed by atoms with Gasteiger partial charge < -0.3 is 30.3 Å². The first-order valence-electron chi connectivity index (χ1n) is 11.8. The Balaban J connectivity index is 1.45. The maximum Gasteiger partial charge on any atom is 0.254 e. The number of fused-ring (bicyclic) bond motifs is 2. The largest absolute Gasteiger partial charge is 0.491 e. The average Bonchev–Trinajstić information content (AvgIpc) is 3.45. The molecule has 1 aromatic carbocycles. The summed E-state index contributed by atoms with van der Waals surface area (Å²) in [6.45, 7) is 9.65. The lowest BCUT2D eigenvalue weighted by atomic mass is 9.79. The molecule has 4 aliphatic heterocycles. The van der Waals surface area contributed by atoms with Crippen LogP contribution in [0.25, 0.3) is 0 Å². The molecule has 10 heteroatoms. The second kappa shape index (κ2) is 8.49. The zero-order valence-electron chi connectivity index (χ0n) is 19.8. The number of benzene rings is 1. The molecular formula is C24H31N7O3. The molecular weight excluding hydrogens is 434 g/mol. The Morgan fingerprint density at radius 2 is 2.12 bits per heavy atom. The summed E-state index contributed by atoms with van der Waals surface area (Å²) >= 11 is 0. The van der Waals surface area contributed by atoms with Gasteiger partial charge in [-0.3, -0.25) is 10.1 Å². The number of aliphatic imine (C=N–C) groups is 1. The van der Waals surface area contributed by atoms with Crippen LogP contribution in [0.4, 0.5) is 5.69 Å². The lowest BCUT2D eigenvalue weighted by Crippen LogP contribution is -2.71. The van der Waals surface area contributed by atoms with E-state index in [1.54, 1.807) is 6.20 Å². The Hall–Kier alpha value is -3.29. The molecule has 0 radical (unpaired) electrons. The quantitative estimate of drug-likeness (QED) is 0.522. The highest BCUT2D eigenvalue weighted by atomic mass is 16.5. The molecule has 0 aromatic heterocycles. The van der Waals surface area contributed by atoms with E-state index < -0.39 is 11.3 Å². The van der Waals surface area contributed by atoms with E-state index in [1.165, 1.54) is 0 Å². The minimum Gasteiger partial charge on any atom is -0.491 e. The van der Waals surface area contributed by atoms with Crippen LogP contribution in [-0.2, 0) is 11.2 Å². The normalized spacial score (nSPS) is 29.5. The third-order valence-electron chi connectivity index (χ3n) is 7.01. The van der Waals surface area contributed by atoms with Crippen molar-refractivity contribution >= 4 is 17.6 Å². The van der Waals surface area contributed by atoms with Crippen LogP contribution in [0.5, 0.6) is 5.75 Å². The molecule has 0 saturated carbocycles. The summed E-state index contributed by atoms with van der Waals surface area (Å²) in [6.07, 6.45) is 2.43. The molecule has 34 heavy (non-hydrogen) atoms. The number of morpholine rings is 1. The summed E-state index contributed by atoms with van der Waals surface area (Å²) in [5.41, 5.74) is 1.72. The molecule has 0 spiro atoms. The monoisotopic (exact) mass is 465 g/mol. The smallest absolute Gasteiger partial charge is 0.254 e. The Morgan fingerprint density at radius 1 is 1.32 bits per heavy atom. The number of ether oxygens (including phenoxy) is 2. The van der Waals surface area contributed by atoms with E-state index in [2.05, 4.69) is 27.3 Å². The van der Waals surface area contributed by atoms with Crippen LogP contribution in [0, 0.1) is 17.2 Å². The van der Waals surface area contributed by atoms with Crippen molar-refractivity contribution in [3.05, 3.63) is 35.0 Å². The van der Waals surface area contributed by atoms with Gasteiger partial charge in [0.25, 0.3) is 5.91 Å². The van der Waals surface area contributed by atoms with Gasteiger partial charge in [-0.15, -0.1) is 0 Å². The standard InChI is InChI=1S/C24H31N7O3/c1-4-26-23(2)20-15(13-25)14-27-24(20,3)30-22(29-23)28-18-6-5-17(16-7-10-34-19(16)18)21(32)31-8-11-33-12-9-31/h5-6,14,20,26-27H,4,7-12H2,1-3H3,(H2,28,29,30). The van der Waals surface area contributed by atoms with E-state index >= 15 is 0 Å². The molecule has 1 saturated heterocycles. The maximum absolute atomic E-state index is 13.2. The van der Waals surface area contributed by atoms with Crippen molar-refractivity contribution in [2.75, 3.05) is 44.8 Å². The molecule has 0 aliphatic carbocycles. The van der Waals surface area contributed by atoms with Crippen molar-refractivity contribution in [3.63, 3.8) is 0 Å². The van der Waals surface area contributed by atoms with Crippen LogP contribution < -0.4 is 26.0 Å². The van der Waals surface area contributed by atoms with Gasteiger partial charge >= 0.3 is 0 Å². The van der Waals surface area contributed by atoms with Gasteiger partial charge in [0.05, 0.1) is 48.7 Å². The first-order valence-corrected chi connectivity index (χ1v) is 11.8. The summed E-state index contributed by atoms with van der Waals surface area (Å²) in [5.74, 6) is 1.08. The number of nitriles is 1. The minimum atomic E-state index is -0.689. The molecule has 180 valence electrons. The van der Waals surface area contributed by atoms with Crippen molar-refractivity contribution in [1.82, 2.24) is 20.9 Å². The molecule has 5 rings (SSSR count). The predicted octanol–water partition coefficient (Wildman–Crippen LogP) is 1.13. The lowest BCUT2D eigenvalue weighted by Gasteiger charge is -2.48. The number of carbonyl (C=O) groups is 1. The number of hydrogen-bond acceptors (Lipinski definition) is 9. The topological polar surface area (TPSA) is 123 Å². The second-order valence-corrected chi connectivity index (χ2v) is 9.35. The fraction of sp³-hybridized carbons (Fsp3) is 0.542. The van der Waals surface area contributed by atoms with Gasteiger partial charge in [-0.1, -0.05) is 6.92 Å². The van der Waals surface area contributed by atoms with Crippen LogP contribution in [0.3, 0.4) is 0 Å². The van der Waals surface area contributed by atoms with E-state index in [4.69, 9.17) is 14.5 Å². The van der Waals surface area contributed by atoms with Gasteiger partial charge in [0, 0.05) is 36.8 Å². The van der Waals surface area contributed by atoms with Crippen LogP contribution in [0.2, 0.25) is 0 Å². The molecule has 0 bridgehead atoms. The Kier molecular flexibility index (Phi) is 5.62. The molecule has 4 N–H and O–H groups in total.